The molecule has 5 heteroatoms. The van der Waals surface area contributed by atoms with Crippen molar-refractivity contribution in [3.63, 3.8) is 0 Å². The van der Waals surface area contributed by atoms with E-state index in [1.165, 1.54) is 0 Å². The largest absolute Gasteiger partial charge is 0.493 e. The molecule has 17 heavy (non-hydrogen) atoms. The molecule has 96 valence electrons. The number of nitrogens with one attached hydrogen (secondary N) is 1. The summed E-state index contributed by atoms with van der Waals surface area (Å²) in [5.74, 6) is 1.26. The van der Waals surface area contributed by atoms with E-state index in [0.29, 0.717) is 18.1 Å². The van der Waals surface area contributed by atoms with Gasteiger partial charge in [-0.15, -0.1) is 0 Å². The smallest absolute Gasteiger partial charge is 0.163 e. The molecule has 0 aliphatic heterocycles. The molecule has 0 heterocycles. The first-order chi connectivity index (χ1) is 8.31. The molecular weight excluding hydrogens is 222 g/mol. The van der Waals surface area contributed by atoms with Crippen LogP contribution in [0.1, 0.15) is 0 Å². The number of methoxy groups -OCH3 is 2. The Morgan fingerprint density at radius 1 is 1.18 bits per heavy atom. The summed E-state index contributed by atoms with van der Waals surface area (Å²) >= 11 is 0. The molecule has 0 saturated heterocycles. The number of aliphatic hydroxyl groups excluding tert-OH is 1. The van der Waals surface area contributed by atoms with Crippen molar-refractivity contribution in [3.8, 4) is 11.5 Å². The van der Waals surface area contributed by atoms with Crippen molar-refractivity contribution in [1.29, 1.82) is 0 Å². The standard InChI is InChI=1S/C12H19NO4/c1-15-7-5-13-10-3-4-11(16-2)12(9-10)17-8-6-14/h3-4,9,13-14H,5-8H2,1-2H3. The molecule has 0 amide bonds. The maximum atomic E-state index is 8.74. The highest BCUT2D eigenvalue weighted by atomic mass is 16.5. The average Bonchev–Trinajstić information content (AvgIpc) is 2.37. The van der Waals surface area contributed by atoms with Crippen molar-refractivity contribution in [3.05, 3.63) is 18.2 Å². The first-order valence-electron chi connectivity index (χ1n) is 5.46. The molecule has 0 radical (unpaired) electrons. The summed E-state index contributed by atoms with van der Waals surface area (Å²) in [6.45, 7) is 1.59. The first-order valence-corrected chi connectivity index (χ1v) is 5.46. The van der Waals surface area contributed by atoms with Crippen LogP contribution in [0.2, 0.25) is 0 Å². The van der Waals surface area contributed by atoms with Crippen LogP contribution in [0.25, 0.3) is 0 Å². The monoisotopic (exact) mass is 241 g/mol. The molecule has 0 aromatic heterocycles. The van der Waals surface area contributed by atoms with Gasteiger partial charge in [0, 0.05) is 25.4 Å². The fourth-order valence-electron chi connectivity index (χ4n) is 1.35. The SMILES string of the molecule is COCCNc1ccc(OC)c(OCCO)c1. The molecule has 0 fully saturated rings. The van der Waals surface area contributed by atoms with E-state index in [4.69, 9.17) is 19.3 Å². The van der Waals surface area contributed by atoms with E-state index >= 15 is 0 Å². The van der Waals surface area contributed by atoms with Crippen LogP contribution in [0.15, 0.2) is 18.2 Å². The minimum atomic E-state index is -0.0233. The number of hydrogen-bond donors (Lipinski definition) is 2. The van der Waals surface area contributed by atoms with Crippen molar-refractivity contribution in [1.82, 2.24) is 0 Å². The normalized spacial score (nSPS) is 10.1. The van der Waals surface area contributed by atoms with Gasteiger partial charge in [0.1, 0.15) is 6.61 Å². The number of ether oxygens (including phenoxy) is 3. The maximum Gasteiger partial charge on any atom is 0.163 e. The van der Waals surface area contributed by atoms with Crippen LogP contribution in [0.3, 0.4) is 0 Å². The topological polar surface area (TPSA) is 60.0 Å². The van der Waals surface area contributed by atoms with Crippen molar-refractivity contribution in [2.75, 3.05) is 45.9 Å². The Balaban J connectivity index is 2.66. The Labute approximate surface area is 101 Å². The van der Waals surface area contributed by atoms with Gasteiger partial charge in [0.05, 0.1) is 20.3 Å². The highest BCUT2D eigenvalue weighted by Crippen LogP contribution is 2.29. The van der Waals surface area contributed by atoms with E-state index in [2.05, 4.69) is 5.32 Å². The van der Waals surface area contributed by atoms with Crippen molar-refractivity contribution < 1.29 is 19.3 Å². The zero-order valence-corrected chi connectivity index (χ0v) is 10.2. The zero-order valence-electron chi connectivity index (χ0n) is 10.2. The molecular formula is C12H19NO4. The number of rotatable bonds is 8. The Hall–Kier alpha value is -1.46. The molecule has 1 rings (SSSR count). The molecule has 1 aromatic rings. The van der Waals surface area contributed by atoms with Crippen LogP contribution in [0, 0.1) is 0 Å². The Morgan fingerprint density at radius 2 is 2.00 bits per heavy atom. The van der Waals surface area contributed by atoms with Crippen LogP contribution in [0.5, 0.6) is 11.5 Å². The summed E-state index contributed by atoms with van der Waals surface area (Å²) in [5, 5.41) is 11.9. The van der Waals surface area contributed by atoms with Crippen molar-refractivity contribution in [2.24, 2.45) is 0 Å². The molecule has 5 nitrogen and oxygen atoms in total. The highest BCUT2D eigenvalue weighted by Gasteiger charge is 2.05. The van der Waals surface area contributed by atoms with Crippen LogP contribution >= 0.6 is 0 Å². The second-order valence-electron chi connectivity index (χ2n) is 3.36. The molecule has 0 aliphatic carbocycles. The summed E-state index contributed by atoms with van der Waals surface area (Å²) in [6, 6.07) is 5.56. The lowest BCUT2D eigenvalue weighted by molar-refractivity contribution is 0.196. The molecule has 0 aliphatic rings. The van der Waals surface area contributed by atoms with Crippen molar-refractivity contribution >= 4 is 5.69 Å². The third kappa shape index (κ3) is 4.50. The summed E-state index contributed by atoms with van der Waals surface area (Å²) in [7, 11) is 3.24. The zero-order chi connectivity index (χ0) is 12.5. The highest BCUT2D eigenvalue weighted by molar-refractivity contribution is 5.54. The summed E-state index contributed by atoms with van der Waals surface area (Å²) in [5.41, 5.74) is 0.927. The number of anilines is 1. The number of hydrogen-bond acceptors (Lipinski definition) is 5. The summed E-state index contributed by atoms with van der Waals surface area (Å²) in [6.07, 6.45) is 0. The van der Waals surface area contributed by atoms with E-state index in [1.807, 2.05) is 18.2 Å². The lowest BCUT2D eigenvalue weighted by Crippen LogP contribution is -2.08. The lowest BCUT2D eigenvalue weighted by atomic mass is 10.2. The molecule has 0 atom stereocenters. The molecule has 0 spiro atoms. The van der Waals surface area contributed by atoms with Crippen LogP contribution in [-0.4, -0.2) is 45.7 Å². The summed E-state index contributed by atoms with van der Waals surface area (Å²) in [4.78, 5) is 0. The van der Waals surface area contributed by atoms with E-state index < -0.39 is 0 Å². The average molecular weight is 241 g/mol. The van der Waals surface area contributed by atoms with Crippen LogP contribution in [-0.2, 0) is 4.74 Å². The Bertz CT molecular complexity index is 330. The predicted molar refractivity (Wildman–Crippen MR) is 65.9 cm³/mol. The van der Waals surface area contributed by atoms with Gasteiger partial charge in [-0.1, -0.05) is 0 Å². The predicted octanol–water partition coefficient (Wildman–Crippen LogP) is 1.12. The first kappa shape index (κ1) is 13.6. The molecule has 2 N–H and O–H groups in total. The third-order valence-corrected chi connectivity index (χ3v) is 2.15. The molecule has 0 bridgehead atoms. The van der Waals surface area contributed by atoms with Crippen molar-refractivity contribution in [2.45, 2.75) is 0 Å². The molecule has 0 unspecified atom stereocenters. The second-order valence-corrected chi connectivity index (χ2v) is 3.36. The molecule has 0 saturated carbocycles. The van der Waals surface area contributed by atoms with Gasteiger partial charge in [-0.3, -0.25) is 0 Å². The van der Waals surface area contributed by atoms with E-state index in [1.54, 1.807) is 14.2 Å². The van der Waals surface area contributed by atoms with Crippen LogP contribution in [0.4, 0.5) is 5.69 Å². The second kappa shape index (κ2) is 7.76. The fourth-order valence-corrected chi connectivity index (χ4v) is 1.35. The van der Waals surface area contributed by atoms with E-state index in [0.717, 1.165) is 12.2 Å². The van der Waals surface area contributed by atoms with Gasteiger partial charge in [0.2, 0.25) is 0 Å². The van der Waals surface area contributed by atoms with Crippen LogP contribution < -0.4 is 14.8 Å². The fraction of sp³-hybridized carbons (Fsp3) is 0.500. The summed E-state index contributed by atoms with van der Waals surface area (Å²) < 4.78 is 15.5. The number of benzene rings is 1. The third-order valence-electron chi connectivity index (χ3n) is 2.15. The lowest BCUT2D eigenvalue weighted by Gasteiger charge is -2.12. The van der Waals surface area contributed by atoms with Gasteiger partial charge in [-0.2, -0.15) is 0 Å². The van der Waals surface area contributed by atoms with Gasteiger partial charge in [0.15, 0.2) is 11.5 Å². The maximum absolute atomic E-state index is 8.74. The van der Waals surface area contributed by atoms with Gasteiger partial charge in [-0.05, 0) is 12.1 Å². The van der Waals surface area contributed by atoms with Gasteiger partial charge < -0.3 is 24.6 Å². The minimum absolute atomic E-state index is 0.0233. The van der Waals surface area contributed by atoms with E-state index in [9.17, 15) is 0 Å². The number of aliphatic hydroxyl groups is 1. The van der Waals surface area contributed by atoms with Gasteiger partial charge in [-0.25, -0.2) is 0 Å². The minimum Gasteiger partial charge on any atom is -0.493 e. The quantitative estimate of drug-likeness (QED) is 0.668. The Kier molecular flexibility index (Phi) is 6.21. The van der Waals surface area contributed by atoms with Gasteiger partial charge in [0.25, 0.3) is 0 Å². The Morgan fingerprint density at radius 3 is 2.65 bits per heavy atom. The molecule has 1 aromatic carbocycles. The van der Waals surface area contributed by atoms with Gasteiger partial charge >= 0.3 is 0 Å². The van der Waals surface area contributed by atoms with E-state index in [-0.39, 0.29) is 13.2 Å².